The number of thiocarbonyl (C=S) groups is 1. The van der Waals surface area contributed by atoms with Crippen molar-refractivity contribution in [2.45, 2.75) is 32.2 Å². The highest BCUT2D eigenvalue weighted by Gasteiger charge is 2.17. The fourth-order valence-corrected chi connectivity index (χ4v) is 2.56. The number of nitrogens with one attached hydrogen (secondary N) is 1. The number of hydrogen-bond donors (Lipinski definition) is 2. The van der Waals surface area contributed by atoms with Crippen molar-refractivity contribution in [3.8, 4) is 0 Å². The number of anilines is 1. The van der Waals surface area contributed by atoms with Crippen molar-refractivity contribution < 1.29 is 0 Å². The summed E-state index contributed by atoms with van der Waals surface area (Å²) < 4.78 is 0. The molecule has 0 bridgehead atoms. The van der Waals surface area contributed by atoms with Gasteiger partial charge in [-0.2, -0.15) is 5.10 Å². The molecule has 1 aromatic rings. The Morgan fingerprint density at radius 2 is 2.21 bits per heavy atom. The van der Waals surface area contributed by atoms with Gasteiger partial charge in [0.05, 0.1) is 11.8 Å². The zero-order chi connectivity index (χ0) is 13.7. The minimum absolute atomic E-state index is 0.350. The monoisotopic (exact) mass is 279 g/mol. The van der Waals surface area contributed by atoms with Crippen LogP contribution in [0.4, 0.5) is 5.82 Å². The average molecular weight is 279 g/mol. The first-order valence-corrected chi connectivity index (χ1v) is 7.18. The lowest BCUT2D eigenvalue weighted by molar-refractivity contribution is 0.180. The summed E-state index contributed by atoms with van der Waals surface area (Å²) in [5, 5.41) is 11.3. The second-order valence-electron chi connectivity index (χ2n) is 4.98. The van der Waals surface area contributed by atoms with Crippen molar-refractivity contribution in [3.05, 3.63) is 17.8 Å². The quantitative estimate of drug-likeness (QED) is 0.794. The molecule has 0 radical (unpaired) electrons. The Kier molecular flexibility index (Phi) is 5.04. The normalized spacial score (nSPS) is 17.9. The first-order valence-electron chi connectivity index (χ1n) is 6.78. The van der Waals surface area contributed by atoms with E-state index in [0.717, 1.165) is 12.1 Å². The number of nitrogens with two attached hydrogens (primary N) is 1. The molecule has 0 spiro atoms. The number of nitrogens with zero attached hydrogens (tertiary/aromatic N) is 3. The molecule has 1 saturated heterocycles. The molecule has 6 heteroatoms. The minimum atomic E-state index is 0.350. The molecule has 1 fully saturated rings. The van der Waals surface area contributed by atoms with Crippen LogP contribution in [0.1, 0.15) is 31.7 Å². The van der Waals surface area contributed by atoms with Crippen molar-refractivity contribution in [1.29, 1.82) is 0 Å². The molecule has 0 amide bonds. The van der Waals surface area contributed by atoms with Crippen molar-refractivity contribution >= 4 is 23.0 Å². The Balaban J connectivity index is 1.92. The van der Waals surface area contributed by atoms with Gasteiger partial charge in [-0.15, -0.1) is 5.10 Å². The number of rotatable bonds is 5. The van der Waals surface area contributed by atoms with Gasteiger partial charge < -0.3 is 11.1 Å². The van der Waals surface area contributed by atoms with Crippen molar-refractivity contribution in [3.63, 3.8) is 0 Å². The number of aromatic nitrogens is 2. The van der Waals surface area contributed by atoms with E-state index < -0.39 is 0 Å². The smallest absolute Gasteiger partial charge is 0.158 e. The molecule has 0 aliphatic carbocycles. The third kappa shape index (κ3) is 3.84. The van der Waals surface area contributed by atoms with Crippen molar-refractivity contribution in [2.24, 2.45) is 5.73 Å². The first kappa shape index (κ1) is 14.1. The van der Waals surface area contributed by atoms with Gasteiger partial charge in [0, 0.05) is 12.6 Å². The lowest BCUT2D eigenvalue weighted by Gasteiger charge is -2.32. The van der Waals surface area contributed by atoms with E-state index >= 15 is 0 Å². The molecule has 0 saturated carbocycles. The Morgan fingerprint density at radius 3 is 2.89 bits per heavy atom. The Hall–Kier alpha value is -1.27. The summed E-state index contributed by atoms with van der Waals surface area (Å²) in [6, 6.07) is 2.27. The van der Waals surface area contributed by atoms with Crippen molar-refractivity contribution in [1.82, 2.24) is 15.1 Å². The largest absolute Gasteiger partial charge is 0.389 e. The fourth-order valence-electron chi connectivity index (χ4n) is 2.39. The molecule has 19 heavy (non-hydrogen) atoms. The van der Waals surface area contributed by atoms with Crippen LogP contribution in [0.3, 0.4) is 0 Å². The number of hydrogen-bond acceptors (Lipinski definition) is 5. The Labute approximate surface area is 119 Å². The third-order valence-corrected chi connectivity index (χ3v) is 3.79. The Bertz CT molecular complexity index is 431. The molecular weight excluding hydrogens is 258 g/mol. The molecule has 2 rings (SSSR count). The van der Waals surface area contributed by atoms with Crippen LogP contribution in [-0.4, -0.2) is 45.8 Å². The standard InChI is InChI=1S/C13H21N5S/c1-10(18-7-3-2-4-8-18)9-15-13-11(12(14)19)5-6-16-17-13/h5-6,10H,2-4,7-9H2,1H3,(H2,14,19)(H,15,17). The summed E-state index contributed by atoms with van der Waals surface area (Å²) >= 11 is 5.01. The van der Waals surface area contributed by atoms with Crippen LogP contribution in [-0.2, 0) is 0 Å². The van der Waals surface area contributed by atoms with Gasteiger partial charge in [-0.3, -0.25) is 4.90 Å². The van der Waals surface area contributed by atoms with Gasteiger partial charge in [-0.25, -0.2) is 0 Å². The van der Waals surface area contributed by atoms with E-state index in [9.17, 15) is 0 Å². The van der Waals surface area contributed by atoms with Gasteiger partial charge in [0.25, 0.3) is 0 Å². The molecule has 1 atom stereocenters. The van der Waals surface area contributed by atoms with E-state index in [-0.39, 0.29) is 0 Å². The van der Waals surface area contributed by atoms with Gasteiger partial charge in [-0.1, -0.05) is 18.6 Å². The fraction of sp³-hybridized carbons (Fsp3) is 0.615. The molecular formula is C13H21N5S. The molecule has 1 aliphatic rings. The predicted octanol–water partition coefficient (Wildman–Crippen LogP) is 1.40. The molecule has 5 nitrogen and oxygen atoms in total. The molecule has 3 N–H and O–H groups in total. The zero-order valence-electron chi connectivity index (χ0n) is 11.3. The summed E-state index contributed by atoms with van der Waals surface area (Å²) in [4.78, 5) is 2.86. The lowest BCUT2D eigenvalue weighted by atomic mass is 10.1. The highest BCUT2D eigenvalue weighted by atomic mass is 32.1. The minimum Gasteiger partial charge on any atom is -0.389 e. The van der Waals surface area contributed by atoms with Gasteiger partial charge in [0.2, 0.25) is 0 Å². The molecule has 1 aromatic heterocycles. The SMILES string of the molecule is CC(CNc1nnccc1C(N)=S)N1CCCCC1. The second-order valence-corrected chi connectivity index (χ2v) is 5.42. The summed E-state index contributed by atoms with van der Waals surface area (Å²) in [7, 11) is 0. The molecule has 104 valence electrons. The highest BCUT2D eigenvalue weighted by molar-refractivity contribution is 7.80. The van der Waals surface area contributed by atoms with E-state index in [2.05, 4.69) is 27.3 Å². The lowest BCUT2D eigenvalue weighted by Crippen LogP contribution is -2.41. The first-order chi connectivity index (χ1) is 9.18. The van der Waals surface area contributed by atoms with Crippen LogP contribution < -0.4 is 11.1 Å². The van der Waals surface area contributed by atoms with Gasteiger partial charge >= 0.3 is 0 Å². The zero-order valence-corrected chi connectivity index (χ0v) is 12.1. The van der Waals surface area contributed by atoms with E-state index in [4.69, 9.17) is 18.0 Å². The number of likely N-dealkylation sites (tertiary alicyclic amines) is 1. The van der Waals surface area contributed by atoms with Crippen LogP contribution in [0.2, 0.25) is 0 Å². The predicted molar refractivity (Wildman–Crippen MR) is 81.3 cm³/mol. The summed E-state index contributed by atoms with van der Waals surface area (Å²) in [5.74, 6) is 0.679. The van der Waals surface area contributed by atoms with Crippen LogP contribution >= 0.6 is 12.2 Å². The Morgan fingerprint density at radius 1 is 1.47 bits per heavy atom. The molecule has 2 heterocycles. The summed E-state index contributed by atoms with van der Waals surface area (Å²) in [5.41, 5.74) is 6.44. The topological polar surface area (TPSA) is 67.1 Å². The van der Waals surface area contributed by atoms with Gasteiger partial charge in [0.1, 0.15) is 4.99 Å². The van der Waals surface area contributed by atoms with E-state index in [1.165, 1.54) is 32.4 Å². The van der Waals surface area contributed by atoms with Gasteiger partial charge in [-0.05, 0) is 38.9 Å². The number of piperidine rings is 1. The maximum absolute atomic E-state index is 5.68. The van der Waals surface area contributed by atoms with E-state index in [1.54, 1.807) is 12.3 Å². The highest BCUT2D eigenvalue weighted by Crippen LogP contribution is 2.14. The summed E-state index contributed by atoms with van der Waals surface area (Å²) in [6.45, 7) is 5.43. The van der Waals surface area contributed by atoms with Crippen molar-refractivity contribution in [2.75, 3.05) is 25.0 Å². The maximum atomic E-state index is 5.68. The molecule has 1 aliphatic heterocycles. The van der Waals surface area contributed by atoms with E-state index in [1.807, 2.05) is 0 Å². The van der Waals surface area contributed by atoms with Crippen LogP contribution in [0.5, 0.6) is 0 Å². The average Bonchev–Trinajstić information content (AvgIpc) is 2.46. The molecule has 1 unspecified atom stereocenters. The van der Waals surface area contributed by atoms with Crippen LogP contribution in [0.15, 0.2) is 12.3 Å². The van der Waals surface area contributed by atoms with Crippen LogP contribution in [0, 0.1) is 0 Å². The molecule has 0 aromatic carbocycles. The van der Waals surface area contributed by atoms with Crippen LogP contribution in [0.25, 0.3) is 0 Å². The third-order valence-electron chi connectivity index (χ3n) is 3.57. The summed E-state index contributed by atoms with van der Waals surface area (Å²) in [6.07, 6.45) is 5.56. The van der Waals surface area contributed by atoms with E-state index in [0.29, 0.717) is 16.8 Å². The second kappa shape index (κ2) is 6.77. The maximum Gasteiger partial charge on any atom is 0.158 e. The van der Waals surface area contributed by atoms with Gasteiger partial charge in [0.15, 0.2) is 5.82 Å².